The van der Waals surface area contributed by atoms with Gasteiger partial charge >= 0.3 is 0 Å². The van der Waals surface area contributed by atoms with Crippen LogP contribution in [-0.4, -0.2) is 23.9 Å². The van der Waals surface area contributed by atoms with Gasteiger partial charge in [-0.2, -0.15) is 0 Å². The number of benzene rings is 1. The first kappa shape index (κ1) is 16.8. The highest BCUT2D eigenvalue weighted by Crippen LogP contribution is 2.49. The molecule has 0 radical (unpaired) electrons. The Balaban J connectivity index is 1.68. The molecule has 2 nitrogen and oxygen atoms in total. The Hall–Kier alpha value is -1.02. The van der Waals surface area contributed by atoms with Crippen molar-refractivity contribution >= 4 is 17.5 Å². The first-order valence-electron chi connectivity index (χ1n) is 9.23. The highest BCUT2D eigenvalue weighted by Gasteiger charge is 2.45. The second kappa shape index (κ2) is 7.25. The van der Waals surface area contributed by atoms with Gasteiger partial charge in [0.2, 0.25) is 5.91 Å². The lowest BCUT2D eigenvalue weighted by molar-refractivity contribution is -0.132. The SMILES string of the molecule is CCN(CC)C(=O)C1CC1c1ccc(C2CCCCC2)c(Cl)c1. The number of carbonyl (C=O) groups excluding carboxylic acids is 1. The Kier molecular flexibility index (Phi) is 5.31. The van der Waals surface area contributed by atoms with Crippen molar-refractivity contribution in [3.05, 3.63) is 34.3 Å². The summed E-state index contributed by atoms with van der Waals surface area (Å²) in [6.45, 7) is 5.71. The van der Waals surface area contributed by atoms with Crippen molar-refractivity contribution < 1.29 is 4.79 Å². The summed E-state index contributed by atoms with van der Waals surface area (Å²) >= 11 is 6.58. The lowest BCUT2D eigenvalue weighted by atomic mass is 9.83. The molecule has 0 N–H and O–H groups in total. The van der Waals surface area contributed by atoms with Crippen molar-refractivity contribution in [2.24, 2.45) is 5.92 Å². The molecule has 3 heteroatoms. The van der Waals surface area contributed by atoms with E-state index in [0.717, 1.165) is 24.5 Å². The van der Waals surface area contributed by atoms with Gasteiger partial charge in [0.05, 0.1) is 0 Å². The zero-order chi connectivity index (χ0) is 16.4. The summed E-state index contributed by atoms with van der Waals surface area (Å²) in [7, 11) is 0. The highest BCUT2D eigenvalue weighted by atomic mass is 35.5. The van der Waals surface area contributed by atoms with Gasteiger partial charge in [-0.25, -0.2) is 0 Å². The van der Waals surface area contributed by atoms with Crippen LogP contribution in [0.15, 0.2) is 18.2 Å². The van der Waals surface area contributed by atoms with Gasteiger partial charge in [0, 0.05) is 24.0 Å². The summed E-state index contributed by atoms with van der Waals surface area (Å²) in [5.41, 5.74) is 2.57. The third-order valence-electron chi connectivity index (χ3n) is 5.68. The molecule has 0 heterocycles. The molecule has 0 bridgehead atoms. The second-order valence-corrected chi connectivity index (χ2v) is 7.48. The summed E-state index contributed by atoms with van der Waals surface area (Å²) < 4.78 is 0. The Morgan fingerprint density at radius 3 is 2.48 bits per heavy atom. The standard InChI is InChI=1S/C20H28ClNO/c1-3-22(4-2)20(23)18-13-17(18)15-10-11-16(19(21)12-15)14-8-6-5-7-9-14/h10-12,14,17-18H,3-9,13H2,1-2H3. The number of rotatable bonds is 5. The van der Waals surface area contributed by atoms with Crippen LogP contribution in [-0.2, 0) is 4.79 Å². The number of nitrogens with zero attached hydrogens (tertiary/aromatic N) is 1. The molecule has 2 atom stereocenters. The lowest BCUT2D eigenvalue weighted by Gasteiger charge is -2.23. The minimum Gasteiger partial charge on any atom is -0.343 e. The van der Waals surface area contributed by atoms with E-state index in [4.69, 9.17) is 11.6 Å². The van der Waals surface area contributed by atoms with E-state index >= 15 is 0 Å². The van der Waals surface area contributed by atoms with Crippen molar-refractivity contribution in [1.29, 1.82) is 0 Å². The topological polar surface area (TPSA) is 20.3 Å². The second-order valence-electron chi connectivity index (χ2n) is 7.08. The zero-order valence-corrected chi connectivity index (χ0v) is 15.1. The van der Waals surface area contributed by atoms with E-state index in [9.17, 15) is 4.79 Å². The molecule has 0 spiro atoms. The van der Waals surface area contributed by atoms with Gasteiger partial charge in [0.25, 0.3) is 0 Å². The fourth-order valence-corrected chi connectivity index (χ4v) is 4.47. The molecule has 2 aliphatic carbocycles. The van der Waals surface area contributed by atoms with Crippen LogP contribution in [0.25, 0.3) is 0 Å². The Labute approximate surface area is 145 Å². The van der Waals surface area contributed by atoms with Crippen LogP contribution >= 0.6 is 11.6 Å². The quantitative estimate of drug-likeness (QED) is 0.710. The smallest absolute Gasteiger partial charge is 0.226 e. The normalized spacial score (nSPS) is 24.5. The van der Waals surface area contributed by atoms with E-state index in [2.05, 4.69) is 32.0 Å². The molecule has 23 heavy (non-hydrogen) atoms. The Morgan fingerprint density at radius 2 is 1.87 bits per heavy atom. The van der Waals surface area contributed by atoms with Crippen molar-refractivity contribution in [2.45, 2.75) is 64.2 Å². The first-order chi connectivity index (χ1) is 11.2. The van der Waals surface area contributed by atoms with Gasteiger partial charge in [-0.1, -0.05) is 43.0 Å². The number of halogens is 1. The van der Waals surface area contributed by atoms with Crippen molar-refractivity contribution in [3.63, 3.8) is 0 Å². The zero-order valence-electron chi connectivity index (χ0n) is 14.4. The van der Waals surface area contributed by atoms with Gasteiger partial charge in [0.1, 0.15) is 0 Å². The molecule has 2 aliphatic rings. The third kappa shape index (κ3) is 3.57. The predicted molar refractivity (Wildman–Crippen MR) is 96.1 cm³/mol. The summed E-state index contributed by atoms with van der Waals surface area (Å²) in [5, 5.41) is 0.912. The Morgan fingerprint density at radius 1 is 1.17 bits per heavy atom. The molecule has 3 rings (SSSR count). The third-order valence-corrected chi connectivity index (χ3v) is 6.01. The molecule has 2 saturated carbocycles. The summed E-state index contributed by atoms with van der Waals surface area (Å²) in [6, 6.07) is 6.58. The van der Waals surface area contributed by atoms with Crippen LogP contribution in [0.1, 0.15) is 75.3 Å². The number of hydrogen-bond acceptors (Lipinski definition) is 1. The van der Waals surface area contributed by atoms with Gasteiger partial charge in [0.15, 0.2) is 0 Å². The molecule has 1 aromatic carbocycles. The van der Waals surface area contributed by atoms with Gasteiger partial charge < -0.3 is 4.90 Å². The molecule has 0 saturated heterocycles. The molecule has 126 valence electrons. The van der Waals surface area contributed by atoms with Crippen LogP contribution in [0.4, 0.5) is 0 Å². The first-order valence-corrected chi connectivity index (χ1v) is 9.61. The molecule has 1 aromatic rings. The number of carbonyl (C=O) groups is 1. The summed E-state index contributed by atoms with van der Waals surface area (Å²) in [4.78, 5) is 14.4. The minimum absolute atomic E-state index is 0.173. The van der Waals surface area contributed by atoms with Crippen LogP contribution in [0.5, 0.6) is 0 Å². The van der Waals surface area contributed by atoms with E-state index in [0.29, 0.717) is 17.7 Å². The van der Waals surface area contributed by atoms with E-state index in [1.54, 1.807) is 0 Å². The van der Waals surface area contributed by atoms with Crippen LogP contribution < -0.4 is 0 Å². The van der Waals surface area contributed by atoms with E-state index in [1.165, 1.54) is 43.2 Å². The largest absolute Gasteiger partial charge is 0.343 e. The predicted octanol–water partition coefficient (Wildman–Crippen LogP) is 5.36. The highest BCUT2D eigenvalue weighted by molar-refractivity contribution is 6.31. The fourth-order valence-electron chi connectivity index (χ4n) is 4.12. The fraction of sp³-hybridized carbons (Fsp3) is 0.650. The Bertz CT molecular complexity index is 561. The molecule has 0 aliphatic heterocycles. The summed E-state index contributed by atoms with van der Waals surface area (Å²) in [6.07, 6.45) is 7.53. The molecule has 2 fully saturated rings. The van der Waals surface area contributed by atoms with Crippen LogP contribution in [0, 0.1) is 5.92 Å². The molecule has 1 amide bonds. The maximum Gasteiger partial charge on any atom is 0.226 e. The van der Waals surface area contributed by atoms with Crippen molar-refractivity contribution in [3.8, 4) is 0 Å². The van der Waals surface area contributed by atoms with Gasteiger partial charge in [-0.3, -0.25) is 4.79 Å². The monoisotopic (exact) mass is 333 g/mol. The molecule has 0 aromatic heterocycles. The number of amides is 1. The van der Waals surface area contributed by atoms with E-state index in [-0.39, 0.29) is 5.92 Å². The van der Waals surface area contributed by atoms with Crippen LogP contribution in [0.2, 0.25) is 5.02 Å². The van der Waals surface area contributed by atoms with E-state index < -0.39 is 0 Å². The van der Waals surface area contributed by atoms with Gasteiger partial charge in [-0.15, -0.1) is 0 Å². The summed E-state index contributed by atoms with van der Waals surface area (Å²) in [5.74, 6) is 1.50. The lowest BCUT2D eigenvalue weighted by Crippen LogP contribution is -2.32. The van der Waals surface area contributed by atoms with Crippen molar-refractivity contribution in [1.82, 2.24) is 4.90 Å². The molecular weight excluding hydrogens is 306 g/mol. The molecular formula is C20H28ClNO. The minimum atomic E-state index is 0.173. The number of hydrogen-bond donors (Lipinski definition) is 0. The maximum atomic E-state index is 12.4. The van der Waals surface area contributed by atoms with E-state index in [1.807, 2.05) is 4.90 Å². The molecule has 2 unspecified atom stereocenters. The van der Waals surface area contributed by atoms with Gasteiger partial charge in [-0.05, 0) is 62.1 Å². The maximum absolute atomic E-state index is 12.4. The van der Waals surface area contributed by atoms with Crippen LogP contribution in [0.3, 0.4) is 0 Å². The average Bonchev–Trinajstić information content (AvgIpc) is 3.37. The average molecular weight is 334 g/mol. The van der Waals surface area contributed by atoms with Crippen molar-refractivity contribution in [2.75, 3.05) is 13.1 Å².